The molecule has 1 aromatic carbocycles. The lowest BCUT2D eigenvalue weighted by Gasteiger charge is -2.31. The van der Waals surface area contributed by atoms with E-state index in [0.717, 1.165) is 6.07 Å². The van der Waals surface area contributed by atoms with Gasteiger partial charge >= 0.3 is 7.12 Å². The Labute approximate surface area is 189 Å². The van der Waals surface area contributed by atoms with Crippen molar-refractivity contribution in [3.63, 3.8) is 0 Å². The molecule has 0 saturated heterocycles. The number of halogens is 2. The van der Waals surface area contributed by atoms with Gasteiger partial charge < -0.3 is 34.9 Å². The molecule has 4 N–H and O–H groups in total. The minimum absolute atomic E-state index is 0.000685. The van der Waals surface area contributed by atoms with Gasteiger partial charge in [0.25, 0.3) is 5.91 Å². The highest BCUT2D eigenvalue weighted by atomic mass is 35.5. The first-order valence-corrected chi connectivity index (χ1v) is 9.89. The third kappa shape index (κ3) is 7.50. The molecule has 172 valence electrons. The highest BCUT2D eigenvalue weighted by Crippen LogP contribution is 2.20. The predicted molar refractivity (Wildman–Crippen MR) is 114 cm³/mol. The number of carbonyl (C=O) groups excluding carboxylic acids is 2. The van der Waals surface area contributed by atoms with E-state index in [-0.39, 0.29) is 42.6 Å². The maximum atomic E-state index is 13.5. The number of methoxy groups -OCH3 is 1. The SMILES string of the molecule is COCC(C=O)(CN[C@H](CCOc1ccc(Cl)c(F)c1)B(O)O)NC(=O)c1cnccn1. The molecule has 0 fully saturated rings. The van der Waals surface area contributed by atoms with Crippen molar-refractivity contribution in [3.05, 3.63) is 53.3 Å². The van der Waals surface area contributed by atoms with E-state index in [0.29, 0.717) is 6.29 Å². The lowest BCUT2D eigenvalue weighted by molar-refractivity contribution is -0.115. The molecule has 0 aliphatic carbocycles. The van der Waals surface area contributed by atoms with Crippen molar-refractivity contribution in [3.8, 4) is 5.75 Å². The van der Waals surface area contributed by atoms with Gasteiger partial charge in [0.1, 0.15) is 29.1 Å². The van der Waals surface area contributed by atoms with Crippen LogP contribution in [0.5, 0.6) is 5.75 Å². The number of benzene rings is 1. The topological polar surface area (TPSA) is 143 Å². The van der Waals surface area contributed by atoms with E-state index < -0.39 is 30.3 Å². The van der Waals surface area contributed by atoms with Crippen molar-refractivity contribution in [1.29, 1.82) is 0 Å². The molecule has 32 heavy (non-hydrogen) atoms. The molecule has 1 unspecified atom stereocenters. The molecule has 2 aromatic rings. The van der Waals surface area contributed by atoms with E-state index in [1.54, 1.807) is 0 Å². The monoisotopic (exact) mass is 468 g/mol. The Hall–Kier alpha value is -2.64. The van der Waals surface area contributed by atoms with Crippen molar-refractivity contribution in [2.24, 2.45) is 0 Å². The van der Waals surface area contributed by atoms with Crippen molar-refractivity contribution in [2.45, 2.75) is 17.9 Å². The molecule has 1 aromatic heterocycles. The van der Waals surface area contributed by atoms with E-state index in [9.17, 15) is 24.0 Å². The van der Waals surface area contributed by atoms with Crippen LogP contribution < -0.4 is 15.4 Å². The average molecular weight is 469 g/mol. The van der Waals surface area contributed by atoms with Gasteiger partial charge in [0, 0.05) is 38.1 Å². The van der Waals surface area contributed by atoms with Crippen LogP contribution in [0.25, 0.3) is 0 Å². The maximum absolute atomic E-state index is 13.5. The summed E-state index contributed by atoms with van der Waals surface area (Å²) in [6.45, 7) is -0.376. The maximum Gasteiger partial charge on any atom is 0.469 e. The number of ether oxygens (including phenoxy) is 2. The fraction of sp³-hybridized carbons (Fsp3) is 0.368. The second kappa shape index (κ2) is 12.4. The minimum atomic E-state index is -1.80. The van der Waals surface area contributed by atoms with Crippen LogP contribution in [-0.2, 0) is 9.53 Å². The number of nitrogens with zero attached hydrogens (tertiary/aromatic N) is 2. The molecule has 0 radical (unpaired) electrons. The second-order valence-corrected chi connectivity index (χ2v) is 7.27. The van der Waals surface area contributed by atoms with Crippen molar-refractivity contribution in [2.75, 3.05) is 26.9 Å². The molecule has 0 aliphatic rings. The van der Waals surface area contributed by atoms with E-state index >= 15 is 0 Å². The molecular weight excluding hydrogens is 445 g/mol. The van der Waals surface area contributed by atoms with Crippen molar-refractivity contribution < 1.29 is 33.5 Å². The van der Waals surface area contributed by atoms with Crippen LogP contribution in [-0.4, -0.2) is 77.7 Å². The summed E-state index contributed by atoms with van der Waals surface area (Å²) >= 11 is 5.62. The Morgan fingerprint density at radius 2 is 2.19 bits per heavy atom. The number of hydrogen-bond acceptors (Lipinski definition) is 9. The standard InChI is InChI=1S/C19H23BClFN4O6/c1-31-12-19(11-27,26-18(28)16-9-23-5-6-24-16)10-25-17(20(29)30)4-7-32-13-2-3-14(21)15(22)8-13/h2-3,5-6,8-9,11,17,25,29-30H,4,7,10,12H2,1H3,(H,26,28)/t17-,19?/m1/s1. The summed E-state index contributed by atoms with van der Waals surface area (Å²) in [7, 11) is -0.451. The molecule has 0 spiro atoms. The normalized spacial score (nSPS) is 13.7. The molecule has 13 heteroatoms. The first kappa shape index (κ1) is 25.6. The van der Waals surface area contributed by atoms with Gasteiger partial charge in [0.2, 0.25) is 0 Å². The highest BCUT2D eigenvalue weighted by molar-refractivity contribution is 6.43. The summed E-state index contributed by atoms with van der Waals surface area (Å²) in [6, 6.07) is 3.92. The van der Waals surface area contributed by atoms with Gasteiger partial charge in [0.15, 0.2) is 0 Å². The lowest BCUT2D eigenvalue weighted by atomic mass is 9.77. The van der Waals surface area contributed by atoms with Crippen LogP contribution >= 0.6 is 11.6 Å². The van der Waals surface area contributed by atoms with E-state index in [2.05, 4.69) is 20.6 Å². The van der Waals surface area contributed by atoms with Gasteiger partial charge in [-0.3, -0.25) is 9.78 Å². The summed E-state index contributed by atoms with van der Waals surface area (Å²) in [5.74, 6) is -2.01. The number of amides is 1. The van der Waals surface area contributed by atoms with Crippen molar-refractivity contribution in [1.82, 2.24) is 20.6 Å². The number of nitrogens with one attached hydrogen (secondary N) is 2. The highest BCUT2D eigenvalue weighted by Gasteiger charge is 2.35. The minimum Gasteiger partial charge on any atom is -0.493 e. The zero-order valence-electron chi connectivity index (χ0n) is 17.2. The third-order valence-corrected chi connectivity index (χ3v) is 4.72. The fourth-order valence-electron chi connectivity index (χ4n) is 2.74. The van der Waals surface area contributed by atoms with Gasteiger partial charge in [-0.15, -0.1) is 0 Å². The van der Waals surface area contributed by atoms with Crippen LogP contribution in [0.1, 0.15) is 16.9 Å². The molecule has 2 atom stereocenters. The molecule has 1 amide bonds. The molecule has 10 nitrogen and oxygen atoms in total. The van der Waals surface area contributed by atoms with Crippen LogP contribution in [0, 0.1) is 5.82 Å². The first-order valence-electron chi connectivity index (χ1n) is 9.51. The quantitative estimate of drug-likeness (QED) is 0.236. The summed E-state index contributed by atoms with van der Waals surface area (Å²) in [5.41, 5.74) is -1.52. The zero-order chi connectivity index (χ0) is 23.6. The molecule has 0 saturated carbocycles. The van der Waals surface area contributed by atoms with Crippen LogP contribution in [0.2, 0.25) is 5.02 Å². The fourth-order valence-corrected chi connectivity index (χ4v) is 2.86. The molecular formula is C19H23BClFN4O6. The molecule has 0 bridgehead atoms. The summed E-state index contributed by atoms with van der Waals surface area (Å²) < 4.78 is 24.0. The Morgan fingerprint density at radius 3 is 2.78 bits per heavy atom. The number of hydrogen-bond donors (Lipinski definition) is 4. The molecule has 1 heterocycles. The number of aldehydes is 1. The predicted octanol–water partition coefficient (Wildman–Crippen LogP) is 0.0223. The lowest BCUT2D eigenvalue weighted by Crippen LogP contribution is -2.61. The van der Waals surface area contributed by atoms with Gasteiger partial charge in [0.05, 0.1) is 24.4 Å². The number of rotatable bonds is 13. The second-order valence-electron chi connectivity index (χ2n) is 6.87. The third-order valence-electron chi connectivity index (χ3n) is 4.41. The largest absolute Gasteiger partial charge is 0.493 e. The summed E-state index contributed by atoms with van der Waals surface area (Å²) in [5, 5.41) is 24.7. The average Bonchev–Trinajstić information content (AvgIpc) is 2.78. The Kier molecular flexibility index (Phi) is 9.94. The van der Waals surface area contributed by atoms with Crippen LogP contribution in [0.4, 0.5) is 4.39 Å². The molecule has 2 rings (SSSR count). The van der Waals surface area contributed by atoms with Crippen molar-refractivity contribution >= 4 is 30.9 Å². The smallest absolute Gasteiger partial charge is 0.469 e. The summed E-state index contributed by atoms with van der Waals surface area (Å²) in [6.07, 6.45) is 4.54. The molecule has 0 aliphatic heterocycles. The van der Waals surface area contributed by atoms with Gasteiger partial charge in [-0.1, -0.05) is 11.6 Å². The van der Waals surface area contributed by atoms with E-state index in [4.69, 9.17) is 21.1 Å². The van der Waals surface area contributed by atoms with Gasteiger partial charge in [-0.2, -0.15) is 0 Å². The van der Waals surface area contributed by atoms with E-state index in [1.807, 2.05) is 0 Å². The Balaban J connectivity index is 1.99. The Morgan fingerprint density at radius 1 is 1.41 bits per heavy atom. The number of aromatic nitrogens is 2. The van der Waals surface area contributed by atoms with Crippen LogP contribution in [0.3, 0.4) is 0 Å². The first-order chi connectivity index (χ1) is 15.3. The Bertz CT molecular complexity index is 897. The number of carbonyl (C=O) groups is 2. The van der Waals surface area contributed by atoms with Gasteiger partial charge in [-0.05, 0) is 18.6 Å². The van der Waals surface area contributed by atoms with Gasteiger partial charge in [-0.25, -0.2) is 9.37 Å². The van der Waals surface area contributed by atoms with E-state index in [1.165, 1.54) is 37.8 Å². The zero-order valence-corrected chi connectivity index (χ0v) is 18.0. The summed E-state index contributed by atoms with van der Waals surface area (Å²) in [4.78, 5) is 32.0. The van der Waals surface area contributed by atoms with Crippen LogP contribution in [0.15, 0.2) is 36.8 Å².